The number of hydrogen-bond donors (Lipinski definition) is 2. The van der Waals surface area contributed by atoms with E-state index in [9.17, 15) is 18.0 Å². The van der Waals surface area contributed by atoms with E-state index in [2.05, 4.69) is 25.6 Å². The van der Waals surface area contributed by atoms with Crippen LogP contribution in [0.3, 0.4) is 0 Å². The molecule has 3 aromatic rings. The predicted octanol–water partition coefficient (Wildman–Crippen LogP) is 4.16. The quantitative estimate of drug-likeness (QED) is 0.511. The van der Waals surface area contributed by atoms with Gasteiger partial charge in [-0.1, -0.05) is 17.7 Å². The number of nitrogens with one attached hydrogen (secondary N) is 2. The molecule has 2 heterocycles. The van der Waals surface area contributed by atoms with Crippen LogP contribution in [0.4, 0.5) is 30.8 Å². The summed E-state index contributed by atoms with van der Waals surface area (Å²) in [4.78, 5) is 26.4. The Bertz CT molecular complexity index is 1190. The highest BCUT2D eigenvalue weighted by molar-refractivity contribution is 6.31. The lowest BCUT2D eigenvalue weighted by Crippen LogP contribution is -2.50. The van der Waals surface area contributed by atoms with Crippen LogP contribution in [0.25, 0.3) is 0 Å². The molecule has 0 spiro atoms. The minimum absolute atomic E-state index is 0.0995. The van der Waals surface area contributed by atoms with Gasteiger partial charge in [-0.3, -0.25) is 4.79 Å². The maximum atomic E-state index is 13.0. The summed E-state index contributed by atoms with van der Waals surface area (Å²) in [5.41, 5.74) is 0.220. The van der Waals surface area contributed by atoms with Crippen molar-refractivity contribution in [3.05, 3.63) is 64.9 Å². The summed E-state index contributed by atoms with van der Waals surface area (Å²) in [5, 5.41) is 5.25. The molecule has 1 aromatic heterocycles. The molecule has 12 heteroatoms. The van der Waals surface area contributed by atoms with Gasteiger partial charge in [0, 0.05) is 37.3 Å². The standard InChI is InChI=1S/C22H20ClF3N6O2/c1-27-19(33)14-3-2-4-15(7-14)30-20-28-12-29-21(31-20)32-9-13(10-32)11-34-16-5-6-18(23)17(8-16)22(24,25)26/h2-8,12-13H,9-11H2,1H3,(H,27,33)(H,28,29,30,31). The molecule has 34 heavy (non-hydrogen) atoms. The van der Waals surface area contributed by atoms with Gasteiger partial charge in [-0.15, -0.1) is 0 Å². The molecule has 0 bridgehead atoms. The van der Waals surface area contributed by atoms with Crippen molar-refractivity contribution in [3.8, 4) is 5.75 Å². The first-order valence-electron chi connectivity index (χ1n) is 10.3. The number of nitrogens with zero attached hydrogens (tertiary/aromatic N) is 4. The first-order chi connectivity index (χ1) is 16.2. The fourth-order valence-corrected chi connectivity index (χ4v) is 3.60. The minimum atomic E-state index is -4.54. The molecule has 1 aliphatic heterocycles. The van der Waals surface area contributed by atoms with Crippen molar-refractivity contribution in [2.24, 2.45) is 5.92 Å². The zero-order valence-corrected chi connectivity index (χ0v) is 18.7. The van der Waals surface area contributed by atoms with Crippen LogP contribution in [-0.2, 0) is 6.18 Å². The number of benzene rings is 2. The van der Waals surface area contributed by atoms with Crippen molar-refractivity contribution in [3.63, 3.8) is 0 Å². The second-order valence-corrected chi connectivity index (χ2v) is 8.02. The van der Waals surface area contributed by atoms with E-state index in [4.69, 9.17) is 16.3 Å². The molecule has 4 rings (SSSR count). The second-order valence-electron chi connectivity index (χ2n) is 7.62. The van der Waals surface area contributed by atoms with Gasteiger partial charge in [-0.25, -0.2) is 9.97 Å². The van der Waals surface area contributed by atoms with Crippen LogP contribution in [0, 0.1) is 5.92 Å². The van der Waals surface area contributed by atoms with Crippen LogP contribution in [0.5, 0.6) is 5.75 Å². The largest absolute Gasteiger partial charge is 0.493 e. The summed E-state index contributed by atoms with van der Waals surface area (Å²) in [7, 11) is 1.56. The summed E-state index contributed by atoms with van der Waals surface area (Å²) in [6.07, 6.45) is -3.17. The number of carbonyl (C=O) groups excluding carboxylic acids is 1. The molecular weight excluding hydrogens is 473 g/mol. The smallest absolute Gasteiger partial charge is 0.417 e. The van der Waals surface area contributed by atoms with E-state index >= 15 is 0 Å². The third kappa shape index (κ3) is 5.48. The van der Waals surface area contributed by atoms with E-state index in [1.807, 2.05) is 4.90 Å². The van der Waals surface area contributed by atoms with Gasteiger partial charge < -0.3 is 20.3 Å². The van der Waals surface area contributed by atoms with Crippen molar-refractivity contribution < 1.29 is 22.7 Å². The van der Waals surface area contributed by atoms with E-state index in [1.165, 1.54) is 18.5 Å². The molecule has 178 valence electrons. The molecule has 1 saturated heterocycles. The molecule has 2 N–H and O–H groups in total. The van der Waals surface area contributed by atoms with Crippen LogP contribution in [0.15, 0.2) is 48.8 Å². The third-order valence-electron chi connectivity index (χ3n) is 5.14. The number of halogens is 4. The minimum Gasteiger partial charge on any atom is -0.493 e. The van der Waals surface area contributed by atoms with Crippen molar-refractivity contribution in [2.45, 2.75) is 6.18 Å². The van der Waals surface area contributed by atoms with Gasteiger partial charge in [0.15, 0.2) is 0 Å². The Labute approximate surface area is 198 Å². The van der Waals surface area contributed by atoms with Crippen molar-refractivity contribution in [1.29, 1.82) is 0 Å². The number of ether oxygens (including phenoxy) is 1. The van der Waals surface area contributed by atoms with Crippen molar-refractivity contribution >= 4 is 35.1 Å². The Morgan fingerprint density at radius 3 is 2.74 bits per heavy atom. The summed E-state index contributed by atoms with van der Waals surface area (Å²) in [6, 6.07) is 10.4. The molecule has 0 unspecified atom stereocenters. The number of amides is 1. The van der Waals surface area contributed by atoms with Crippen molar-refractivity contribution in [2.75, 3.05) is 37.0 Å². The van der Waals surface area contributed by atoms with Gasteiger partial charge in [0.05, 0.1) is 17.2 Å². The maximum absolute atomic E-state index is 13.0. The molecule has 0 saturated carbocycles. The number of hydrogen-bond acceptors (Lipinski definition) is 7. The van der Waals surface area contributed by atoms with Gasteiger partial charge >= 0.3 is 6.18 Å². The summed E-state index contributed by atoms with van der Waals surface area (Å²) in [6.45, 7) is 1.41. The topological polar surface area (TPSA) is 92.3 Å². The van der Waals surface area contributed by atoms with Crippen LogP contribution < -0.4 is 20.3 Å². The molecule has 0 aliphatic carbocycles. The maximum Gasteiger partial charge on any atom is 0.417 e. The average molecular weight is 493 g/mol. The monoisotopic (exact) mass is 492 g/mol. The number of rotatable bonds is 7. The van der Waals surface area contributed by atoms with Gasteiger partial charge in [0.25, 0.3) is 5.91 Å². The van der Waals surface area contributed by atoms with Crippen LogP contribution in [-0.4, -0.2) is 47.6 Å². The fraction of sp³-hybridized carbons (Fsp3) is 0.273. The molecule has 1 aliphatic rings. The molecular formula is C22H20ClF3N6O2. The van der Waals surface area contributed by atoms with Gasteiger partial charge in [-0.05, 0) is 36.4 Å². The average Bonchev–Trinajstić information content (AvgIpc) is 2.78. The normalized spacial score (nSPS) is 13.9. The Kier molecular flexibility index (Phi) is 6.73. The lowest BCUT2D eigenvalue weighted by molar-refractivity contribution is -0.137. The predicted molar refractivity (Wildman–Crippen MR) is 121 cm³/mol. The van der Waals surface area contributed by atoms with E-state index in [-0.39, 0.29) is 29.2 Å². The van der Waals surface area contributed by atoms with Gasteiger partial charge in [0.2, 0.25) is 11.9 Å². The fourth-order valence-electron chi connectivity index (χ4n) is 3.38. The molecule has 2 aromatic carbocycles. The summed E-state index contributed by atoms with van der Waals surface area (Å²) >= 11 is 5.64. The zero-order chi connectivity index (χ0) is 24.3. The highest BCUT2D eigenvalue weighted by Crippen LogP contribution is 2.37. The number of carbonyl (C=O) groups is 1. The van der Waals surface area contributed by atoms with Crippen LogP contribution >= 0.6 is 11.6 Å². The molecule has 8 nitrogen and oxygen atoms in total. The van der Waals surface area contributed by atoms with E-state index in [0.717, 1.165) is 6.07 Å². The Morgan fingerprint density at radius 2 is 2.00 bits per heavy atom. The molecule has 0 atom stereocenters. The SMILES string of the molecule is CNC(=O)c1cccc(Nc2ncnc(N3CC(COc4ccc(Cl)c(C(F)(F)F)c4)C3)n2)c1. The summed E-state index contributed by atoms with van der Waals surface area (Å²) < 4.78 is 44.5. The molecule has 1 amide bonds. The number of aromatic nitrogens is 3. The first-order valence-corrected chi connectivity index (χ1v) is 10.6. The zero-order valence-electron chi connectivity index (χ0n) is 17.9. The first kappa shape index (κ1) is 23.6. The Morgan fingerprint density at radius 1 is 1.21 bits per heavy atom. The van der Waals surface area contributed by atoms with Crippen molar-refractivity contribution in [1.82, 2.24) is 20.3 Å². The van der Waals surface area contributed by atoms with E-state index < -0.39 is 11.7 Å². The third-order valence-corrected chi connectivity index (χ3v) is 5.47. The van der Waals surface area contributed by atoms with E-state index in [1.54, 1.807) is 31.3 Å². The Balaban J connectivity index is 1.32. The lowest BCUT2D eigenvalue weighted by Gasteiger charge is -2.38. The van der Waals surface area contributed by atoms with E-state index in [0.29, 0.717) is 36.2 Å². The number of alkyl halides is 3. The van der Waals surface area contributed by atoms with Gasteiger partial charge in [0.1, 0.15) is 12.1 Å². The lowest BCUT2D eigenvalue weighted by atomic mass is 10.0. The van der Waals surface area contributed by atoms with Crippen LogP contribution in [0.1, 0.15) is 15.9 Å². The summed E-state index contributed by atoms with van der Waals surface area (Å²) in [5.74, 6) is 0.784. The van der Waals surface area contributed by atoms with Gasteiger partial charge in [-0.2, -0.15) is 18.2 Å². The highest BCUT2D eigenvalue weighted by atomic mass is 35.5. The molecule has 0 radical (unpaired) electrons. The highest BCUT2D eigenvalue weighted by Gasteiger charge is 2.34. The number of anilines is 3. The second kappa shape index (κ2) is 9.72. The molecule has 1 fully saturated rings. The van der Waals surface area contributed by atoms with Crippen LogP contribution in [0.2, 0.25) is 5.02 Å². The Hall–Kier alpha value is -3.60.